The second-order valence-electron chi connectivity index (χ2n) is 13.1. The molecule has 1 atom stereocenters. The molecule has 44 heavy (non-hydrogen) atoms. The van der Waals surface area contributed by atoms with E-state index in [0.717, 1.165) is 56.9 Å². The second kappa shape index (κ2) is 13.4. The second-order valence-corrected chi connectivity index (χ2v) is 13.9. The van der Waals surface area contributed by atoms with Crippen molar-refractivity contribution in [3.8, 4) is 0 Å². The van der Waals surface area contributed by atoms with Gasteiger partial charge >= 0.3 is 0 Å². The van der Waals surface area contributed by atoms with E-state index in [0.29, 0.717) is 38.6 Å². The van der Waals surface area contributed by atoms with Crippen LogP contribution in [0.5, 0.6) is 0 Å². The molecular formula is C33H41Cl2N7O2. The Labute approximate surface area is 269 Å². The highest BCUT2D eigenvalue weighted by Gasteiger charge is 2.52. The van der Waals surface area contributed by atoms with Crippen molar-refractivity contribution in [2.45, 2.75) is 97.3 Å². The highest BCUT2D eigenvalue weighted by atomic mass is 35.5. The summed E-state index contributed by atoms with van der Waals surface area (Å²) in [5.74, 6) is 0.623. The number of nitrogens with zero attached hydrogens (tertiary/aromatic N) is 5. The number of hydrogen-bond donors (Lipinski definition) is 2. The van der Waals surface area contributed by atoms with Gasteiger partial charge in [0.2, 0.25) is 0 Å². The van der Waals surface area contributed by atoms with E-state index in [1.54, 1.807) is 18.2 Å². The molecule has 1 fully saturated rings. The van der Waals surface area contributed by atoms with E-state index in [4.69, 9.17) is 28.2 Å². The minimum atomic E-state index is -0.652. The van der Waals surface area contributed by atoms with Crippen LogP contribution < -0.4 is 5.32 Å². The fourth-order valence-corrected chi connectivity index (χ4v) is 7.16. The number of aromatic nitrogens is 4. The lowest BCUT2D eigenvalue weighted by molar-refractivity contribution is -0.133. The van der Waals surface area contributed by atoms with Crippen LogP contribution in [0.2, 0.25) is 10.0 Å². The molecule has 2 heterocycles. The van der Waals surface area contributed by atoms with Crippen molar-refractivity contribution in [1.82, 2.24) is 30.8 Å². The van der Waals surface area contributed by atoms with Gasteiger partial charge in [-0.05, 0) is 79.3 Å². The monoisotopic (exact) mass is 637 g/mol. The number of hydrogen-bond acceptors (Lipinski definition) is 6. The summed E-state index contributed by atoms with van der Waals surface area (Å²) in [6.45, 7) is 9.23. The first-order valence-electron chi connectivity index (χ1n) is 15.5. The zero-order valence-electron chi connectivity index (χ0n) is 25.9. The molecular weight excluding hydrogens is 597 g/mol. The number of amides is 2. The summed E-state index contributed by atoms with van der Waals surface area (Å²) < 4.78 is 0. The van der Waals surface area contributed by atoms with E-state index in [1.165, 1.54) is 0 Å². The predicted octanol–water partition coefficient (Wildman–Crippen LogP) is 7.32. The molecule has 1 saturated carbocycles. The summed E-state index contributed by atoms with van der Waals surface area (Å²) in [6.07, 6.45) is 7.46. The maximum atomic E-state index is 14.5. The van der Waals surface area contributed by atoms with Crippen LogP contribution in [0.4, 0.5) is 0 Å². The van der Waals surface area contributed by atoms with Gasteiger partial charge in [-0.15, -0.1) is 10.2 Å². The lowest BCUT2D eigenvalue weighted by Gasteiger charge is -2.47. The summed E-state index contributed by atoms with van der Waals surface area (Å²) in [7, 11) is 0. The molecule has 11 heteroatoms. The first-order valence-corrected chi connectivity index (χ1v) is 16.3. The smallest absolute Gasteiger partial charge is 0.275 e. The first-order chi connectivity index (χ1) is 21.0. The number of halogens is 2. The zero-order chi connectivity index (χ0) is 31.5. The van der Waals surface area contributed by atoms with E-state index < -0.39 is 5.66 Å². The van der Waals surface area contributed by atoms with Crippen molar-refractivity contribution < 1.29 is 9.59 Å². The summed E-state index contributed by atoms with van der Waals surface area (Å²) in [5.41, 5.74) is 2.10. The molecule has 0 saturated heterocycles. The molecule has 2 aromatic carbocycles. The minimum absolute atomic E-state index is 0.0963. The van der Waals surface area contributed by atoms with Gasteiger partial charge in [-0.1, -0.05) is 87.5 Å². The SMILES string of the molecule is CCCCC[C@H](c1ccc(C(=O)NCc2nn[nH]n2)cc1)N1C(=O)C(c2cc(Cl)cc(Cl)c2)=NC12CCC(C(C)(C)C)CC2. The van der Waals surface area contributed by atoms with Crippen LogP contribution in [-0.2, 0) is 11.3 Å². The predicted molar refractivity (Wildman–Crippen MR) is 173 cm³/mol. The van der Waals surface area contributed by atoms with Gasteiger partial charge in [0.05, 0.1) is 12.6 Å². The normalized spacial score (nSPS) is 21.0. The molecule has 2 amide bonds. The molecule has 1 aromatic heterocycles. The Bertz CT molecular complexity index is 1470. The van der Waals surface area contributed by atoms with Gasteiger partial charge in [-0.25, -0.2) is 0 Å². The van der Waals surface area contributed by atoms with Gasteiger partial charge in [0.15, 0.2) is 5.82 Å². The molecule has 9 nitrogen and oxygen atoms in total. The number of carbonyl (C=O) groups excluding carboxylic acids is 2. The Balaban J connectivity index is 1.48. The molecule has 1 aliphatic heterocycles. The van der Waals surface area contributed by atoms with Gasteiger partial charge in [0.25, 0.3) is 11.8 Å². The molecule has 2 N–H and O–H groups in total. The summed E-state index contributed by atoms with van der Waals surface area (Å²) in [5, 5.41) is 17.4. The number of unbranched alkanes of at least 4 members (excludes halogenated alkanes) is 2. The standard InChI is InChI=1S/C33H41Cl2N7O2/c1-5-6-7-8-27(21-9-11-22(12-10-21)30(43)36-20-28-38-40-41-39-28)42-31(44)29(23-17-25(34)19-26(35)18-23)37-33(42)15-13-24(14-16-33)32(2,3)4/h9-12,17-19,24,27H,5-8,13-16,20H2,1-4H3,(H,36,43)(H,38,39,40,41)/t24?,27-,33?/m1/s1. The van der Waals surface area contributed by atoms with Crippen molar-refractivity contribution in [2.75, 3.05) is 0 Å². The van der Waals surface area contributed by atoms with Crippen molar-refractivity contribution in [3.63, 3.8) is 0 Å². The number of rotatable bonds is 10. The molecule has 0 bridgehead atoms. The number of carbonyl (C=O) groups is 2. The Hall–Kier alpha value is -3.30. The van der Waals surface area contributed by atoms with Crippen molar-refractivity contribution in [1.29, 1.82) is 0 Å². The van der Waals surface area contributed by atoms with E-state index in [1.807, 2.05) is 24.3 Å². The molecule has 1 spiro atoms. The van der Waals surface area contributed by atoms with E-state index in [2.05, 4.69) is 58.5 Å². The zero-order valence-corrected chi connectivity index (χ0v) is 27.4. The maximum Gasteiger partial charge on any atom is 0.275 e. The molecule has 234 valence electrons. The van der Waals surface area contributed by atoms with Gasteiger partial charge in [0.1, 0.15) is 11.4 Å². The van der Waals surface area contributed by atoms with Gasteiger partial charge in [0, 0.05) is 21.2 Å². The van der Waals surface area contributed by atoms with Crippen LogP contribution >= 0.6 is 23.2 Å². The molecule has 0 radical (unpaired) electrons. The Kier molecular flexibility index (Phi) is 9.75. The molecule has 0 unspecified atom stereocenters. The van der Waals surface area contributed by atoms with Crippen LogP contribution in [0.15, 0.2) is 47.5 Å². The topological polar surface area (TPSA) is 116 Å². The number of H-pyrrole nitrogens is 1. The van der Waals surface area contributed by atoms with E-state index in [9.17, 15) is 9.59 Å². The van der Waals surface area contributed by atoms with Gasteiger partial charge in [-0.2, -0.15) is 5.21 Å². The van der Waals surface area contributed by atoms with Crippen LogP contribution in [-0.4, -0.2) is 48.7 Å². The average Bonchev–Trinajstić information content (AvgIpc) is 3.60. The van der Waals surface area contributed by atoms with Gasteiger partial charge < -0.3 is 10.2 Å². The Morgan fingerprint density at radius 2 is 1.77 bits per heavy atom. The van der Waals surface area contributed by atoms with E-state index >= 15 is 0 Å². The van der Waals surface area contributed by atoms with Crippen LogP contribution in [0.1, 0.15) is 112 Å². The molecule has 3 aromatic rings. The lowest BCUT2D eigenvalue weighted by atomic mass is 9.69. The minimum Gasteiger partial charge on any atom is -0.345 e. The number of tetrazole rings is 1. The van der Waals surface area contributed by atoms with Gasteiger partial charge in [-0.3, -0.25) is 14.6 Å². The van der Waals surface area contributed by atoms with Crippen molar-refractivity contribution >= 4 is 40.7 Å². The van der Waals surface area contributed by atoms with E-state index in [-0.39, 0.29) is 29.8 Å². The number of aromatic amines is 1. The first kappa shape index (κ1) is 32.1. The Morgan fingerprint density at radius 3 is 2.36 bits per heavy atom. The summed E-state index contributed by atoms with van der Waals surface area (Å²) in [6, 6.07) is 12.6. The highest BCUT2D eigenvalue weighted by Crippen LogP contribution is 2.50. The fraction of sp³-hybridized carbons (Fsp3) is 0.515. The third-order valence-electron chi connectivity index (χ3n) is 9.08. The largest absolute Gasteiger partial charge is 0.345 e. The quantitative estimate of drug-likeness (QED) is 0.226. The lowest BCUT2D eigenvalue weighted by Crippen LogP contribution is -2.51. The number of nitrogens with one attached hydrogen (secondary N) is 2. The Morgan fingerprint density at radius 1 is 1.09 bits per heavy atom. The molecule has 2 aliphatic rings. The number of aliphatic imine (C=N–C) groups is 1. The molecule has 1 aliphatic carbocycles. The average molecular weight is 639 g/mol. The summed E-state index contributed by atoms with van der Waals surface area (Å²) in [4.78, 5) is 34.7. The third kappa shape index (κ3) is 6.99. The van der Waals surface area contributed by atoms with Crippen molar-refractivity contribution in [3.05, 3.63) is 75.0 Å². The van der Waals surface area contributed by atoms with Crippen LogP contribution in [0.3, 0.4) is 0 Å². The highest BCUT2D eigenvalue weighted by molar-refractivity contribution is 6.47. The van der Waals surface area contributed by atoms with Crippen molar-refractivity contribution in [2.24, 2.45) is 16.3 Å². The van der Waals surface area contributed by atoms with Crippen LogP contribution in [0, 0.1) is 11.3 Å². The maximum absolute atomic E-state index is 14.5. The molecule has 5 rings (SSSR count). The third-order valence-corrected chi connectivity index (χ3v) is 9.52. The number of benzene rings is 2. The fourth-order valence-electron chi connectivity index (χ4n) is 6.63. The van der Waals surface area contributed by atoms with Crippen LogP contribution in [0.25, 0.3) is 0 Å². The summed E-state index contributed by atoms with van der Waals surface area (Å²) >= 11 is 12.8.